The highest BCUT2D eigenvalue weighted by Crippen LogP contribution is 2.30. The van der Waals surface area contributed by atoms with E-state index >= 15 is 0 Å². The first-order valence-corrected chi connectivity index (χ1v) is 9.60. The Morgan fingerprint density at radius 2 is 1.73 bits per heavy atom. The number of nitrogens with one attached hydrogen (secondary N) is 1. The van der Waals surface area contributed by atoms with Crippen LogP contribution in [0.3, 0.4) is 0 Å². The molecule has 1 aromatic carbocycles. The molecule has 0 radical (unpaired) electrons. The number of hydrogen-bond donors (Lipinski definition) is 4. The summed E-state index contributed by atoms with van der Waals surface area (Å²) < 4.78 is 17.0. The zero-order valence-electron chi connectivity index (χ0n) is 17.5. The second-order valence-electron chi connectivity index (χ2n) is 7.57. The van der Waals surface area contributed by atoms with Crippen molar-refractivity contribution >= 4 is 11.9 Å². The van der Waals surface area contributed by atoms with Crippen molar-refractivity contribution in [1.29, 1.82) is 0 Å². The van der Waals surface area contributed by atoms with Crippen molar-refractivity contribution in [3.8, 4) is 5.75 Å². The number of carbonyl (C=O) groups is 2. The summed E-state index contributed by atoms with van der Waals surface area (Å²) in [5.74, 6) is -1.82. The van der Waals surface area contributed by atoms with Gasteiger partial charge in [0, 0.05) is 29.8 Å². The highest BCUT2D eigenvalue weighted by Gasteiger charge is 2.21. The van der Waals surface area contributed by atoms with Crippen LogP contribution in [0.4, 0.5) is 0 Å². The van der Waals surface area contributed by atoms with Crippen LogP contribution in [-0.2, 0) is 19.1 Å². The molecule has 1 heterocycles. The van der Waals surface area contributed by atoms with Crippen LogP contribution in [0.2, 0.25) is 0 Å². The van der Waals surface area contributed by atoms with Crippen LogP contribution in [-0.4, -0.2) is 65.3 Å². The van der Waals surface area contributed by atoms with E-state index in [1.165, 1.54) is 0 Å². The number of rotatable bonds is 8. The monoisotopic (exact) mass is 425 g/mol. The Balaban J connectivity index is 0.000000479. The summed E-state index contributed by atoms with van der Waals surface area (Å²) in [6, 6.07) is 7.65. The van der Waals surface area contributed by atoms with Crippen molar-refractivity contribution < 1.29 is 39.1 Å². The molecule has 0 aromatic heterocycles. The van der Waals surface area contributed by atoms with E-state index in [0.29, 0.717) is 37.7 Å². The molecule has 1 saturated heterocycles. The third-order valence-corrected chi connectivity index (χ3v) is 3.67. The van der Waals surface area contributed by atoms with Gasteiger partial charge in [-0.3, -0.25) is 0 Å². The number of hydrogen-bond acceptors (Lipinski definition) is 7. The fourth-order valence-corrected chi connectivity index (χ4v) is 2.29. The molecule has 1 aromatic rings. The molecule has 1 aliphatic rings. The van der Waals surface area contributed by atoms with Crippen molar-refractivity contribution in [1.82, 2.24) is 5.32 Å². The summed E-state index contributed by atoms with van der Waals surface area (Å²) >= 11 is 0. The number of aliphatic hydroxyl groups excluding tert-OH is 1. The predicted molar refractivity (Wildman–Crippen MR) is 109 cm³/mol. The van der Waals surface area contributed by atoms with Gasteiger partial charge in [0.2, 0.25) is 0 Å². The lowest BCUT2D eigenvalue weighted by atomic mass is 10.1. The van der Waals surface area contributed by atoms with E-state index in [0.717, 1.165) is 12.0 Å². The van der Waals surface area contributed by atoms with E-state index < -0.39 is 18.0 Å². The van der Waals surface area contributed by atoms with Gasteiger partial charge in [0.05, 0.1) is 13.2 Å². The van der Waals surface area contributed by atoms with Crippen LogP contribution in [0.25, 0.3) is 0 Å². The Morgan fingerprint density at radius 3 is 2.27 bits per heavy atom. The first-order valence-electron chi connectivity index (χ1n) is 9.60. The lowest BCUT2D eigenvalue weighted by Crippen LogP contribution is -2.42. The van der Waals surface area contributed by atoms with Crippen molar-refractivity contribution in [3.05, 3.63) is 42.0 Å². The van der Waals surface area contributed by atoms with Gasteiger partial charge >= 0.3 is 11.9 Å². The lowest BCUT2D eigenvalue weighted by Gasteiger charge is -2.26. The van der Waals surface area contributed by atoms with E-state index in [1.54, 1.807) is 0 Å². The number of benzene rings is 1. The quantitative estimate of drug-likeness (QED) is 0.461. The van der Waals surface area contributed by atoms with Gasteiger partial charge in [-0.15, -0.1) is 0 Å². The van der Waals surface area contributed by atoms with Crippen LogP contribution in [0.5, 0.6) is 5.75 Å². The highest BCUT2D eigenvalue weighted by molar-refractivity contribution is 5.89. The maximum atomic E-state index is 10.0. The molecular weight excluding hydrogens is 394 g/mol. The minimum Gasteiger partial charge on any atom is -0.490 e. The molecule has 1 unspecified atom stereocenters. The number of ether oxygens (including phenoxy) is 3. The first kappa shape index (κ1) is 25.6. The lowest BCUT2D eigenvalue weighted by molar-refractivity contribution is -0.183. The van der Waals surface area contributed by atoms with Gasteiger partial charge in [0.15, 0.2) is 6.29 Å². The highest BCUT2D eigenvalue weighted by atomic mass is 16.7. The minimum absolute atomic E-state index is 0.0251. The molecule has 2 rings (SSSR count). The van der Waals surface area contributed by atoms with E-state index in [2.05, 4.69) is 26.1 Å². The summed E-state index contributed by atoms with van der Waals surface area (Å²) in [4.78, 5) is 19.1. The SMILES string of the molecule is CC(C)(C)NCC(O)COc1ccccc1C1OCCCO1.O=C(O)C=CC(=O)O. The molecule has 30 heavy (non-hydrogen) atoms. The first-order chi connectivity index (χ1) is 14.1. The van der Waals surface area contributed by atoms with Crippen LogP contribution < -0.4 is 10.1 Å². The van der Waals surface area contributed by atoms with Crippen molar-refractivity contribution in [3.63, 3.8) is 0 Å². The molecule has 0 amide bonds. The molecule has 0 aliphatic carbocycles. The third kappa shape index (κ3) is 11.5. The average Bonchev–Trinajstić information content (AvgIpc) is 2.70. The Bertz CT molecular complexity index is 676. The van der Waals surface area contributed by atoms with Gasteiger partial charge in [-0.05, 0) is 33.3 Å². The maximum absolute atomic E-state index is 10.0. The van der Waals surface area contributed by atoms with Gasteiger partial charge in [0.1, 0.15) is 18.5 Å². The minimum atomic E-state index is -1.26. The molecule has 0 bridgehead atoms. The Labute approximate surface area is 176 Å². The fourth-order valence-electron chi connectivity index (χ4n) is 2.29. The van der Waals surface area contributed by atoms with Gasteiger partial charge < -0.3 is 34.8 Å². The van der Waals surface area contributed by atoms with Crippen molar-refractivity contribution in [2.75, 3.05) is 26.4 Å². The molecule has 9 nitrogen and oxygen atoms in total. The summed E-state index contributed by atoms with van der Waals surface area (Å²) in [5.41, 5.74) is 0.848. The number of carboxylic acid groups (broad SMARTS) is 2. The zero-order chi connectivity index (χ0) is 22.6. The fraction of sp³-hybridized carbons (Fsp3) is 0.524. The molecule has 9 heteroatoms. The molecule has 0 saturated carbocycles. The van der Waals surface area contributed by atoms with Crippen molar-refractivity contribution in [2.24, 2.45) is 0 Å². The van der Waals surface area contributed by atoms with Gasteiger partial charge in [-0.2, -0.15) is 0 Å². The summed E-state index contributed by atoms with van der Waals surface area (Å²) in [5, 5.41) is 28.9. The smallest absolute Gasteiger partial charge is 0.328 e. The van der Waals surface area contributed by atoms with Crippen LogP contribution in [0, 0.1) is 0 Å². The molecule has 1 atom stereocenters. The number of aliphatic hydroxyl groups is 1. The molecule has 1 fully saturated rings. The average molecular weight is 425 g/mol. The van der Waals surface area contributed by atoms with E-state index in [4.69, 9.17) is 24.4 Å². The number of aliphatic carboxylic acids is 2. The normalized spacial score (nSPS) is 15.9. The largest absolute Gasteiger partial charge is 0.490 e. The Morgan fingerprint density at radius 1 is 1.17 bits per heavy atom. The molecular formula is C21H31NO8. The van der Waals surface area contributed by atoms with Gasteiger partial charge in [0.25, 0.3) is 0 Å². The van der Waals surface area contributed by atoms with Crippen LogP contribution >= 0.6 is 0 Å². The topological polar surface area (TPSA) is 135 Å². The second kappa shape index (κ2) is 13.0. The Kier molecular flexibility index (Phi) is 11.1. The van der Waals surface area contributed by atoms with E-state index in [-0.39, 0.29) is 18.4 Å². The summed E-state index contributed by atoms with van der Waals surface area (Å²) in [6.07, 6.45) is 1.08. The van der Waals surface area contributed by atoms with Crippen LogP contribution in [0.15, 0.2) is 36.4 Å². The molecule has 4 N–H and O–H groups in total. The Hall–Kier alpha value is -2.46. The van der Waals surface area contributed by atoms with Gasteiger partial charge in [-0.25, -0.2) is 9.59 Å². The number of para-hydroxylation sites is 1. The summed E-state index contributed by atoms with van der Waals surface area (Å²) in [7, 11) is 0. The number of β-amino-alcohol motifs (C(OH)–C–C–N with tert-alkyl or cyclic N) is 1. The zero-order valence-corrected chi connectivity index (χ0v) is 17.5. The standard InChI is InChI=1S/C17H27NO4.C4H4O4/c1-17(2,3)18-11-13(19)12-22-15-8-5-4-7-14(15)16-20-9-6-10-21-16;5-3(6)1-2-4(7)8/h4-5,7-8,13,16,18-19H,6,9-12H2,1-3H3;1-2H,(H,5,6)(H,7,8). The van der Waals surface area contributed by atoms with Crippen molar-refractivity contribution in [2.45, 2.75) is 45.1 Å². The predicted octanol–water partition coefficient (Wildman–Crippen LogP) is 1.96. The van der Waals surface area contributed by atoms with Gasteiger partial charge in [-0.1, -0.05) is 18.2 Å². The number of carboxylic acids is 2. The summed E-state index contributed by atoms with van der Waals surface area (Å²) in [6.45, 7) is 8.29. The molecule has 1 aliphatic heterocycles. The van der Waals surface area contributed by atoms with Crippen LogP contribution in [0.1, 0.15) is 39.0 Å². The molecule has 0 spiro atoms. The van der Waals surface area contributed by atoms with E-state index in [9.17, 15) is 14.7 Å². The molecule has 168 valence electrons. The maximum Gasteiger partial charge on any atom is 0.328 e. The third-order valence-electron chi connectivity index (χ3n) is 3.67. The second-order valence-corrected chi connectivity index (χ2v) is 7.57. The van der Waals surface area contributed by atoms with E-state index in [1.807, 2.05) is 24.3 Å².